The minimum Gasteiger partial charge on any atom is -0.297 e. The van der Waals surface area contributed by atoms with Gasteiger partial charge in [-0.2, -0.15) is 0 Å². The van der Waals surface area contributed by atoms with E-state index in [2.05, 4.69) is 9.97 Å². The number of aromatic nitrogens is 3. The second kappa shape index (κ2) is 5.84. The average molecular weight is 280 g/mol. The van der Waals surface area contributed by atoms with Gasteiger partial charge in [0.05, 0.1) is 5.56 Å². The van der Waals surface area contributed by atoms with Crippen LogP contribution in [0.4, 0.5) is 0 Å². The zero-order chi connectivity index (χ0) is 13.8. The molecule has 100 valence electrons. The van der Waals surface area contributed by atoms with Gasteiger partial charge in [-0.15, -0.1) is 0 Å². The van der Waals surface area contributed by atoms with Crippen molar-refractivity contribution in [3.63, 3.8) is 0 Å². The summed E-state index contributed by atoms with van der Waals surface area (Å²) in [7, 11) is 0. The summed E-state index contributed by atoms with van der Waals surface area (Å²) >= 11 is 5.85. The highest BCUT2D eigenvalue weighted by Crippen LogP contribution is 2.06. The molecule has 0 bridgehead atoms. The first-order valence-electron chi connectivity index (χ1n) is 6.04. The largest absolute Gasteiger partial charge is 0.329 e. The normalized spacial score (nSPS) is 10.6. The molecule has 0 saturated carbocycles. The Morgan fingerprint density at radius 3 is 2.63 bits per heavy atom. The number of hydrogen-bond donors (Lipinski definition) is 1. The molecule has 0 aliphatic heterocycles. The van der Waals surface area contributed by atoms with E-state index in [1.807, 2.05) is 19.1 Å². The number of nitrogens with zero attached hydrogens (tertiary/aromatic N) is 2. The van der Waals surface area contributed by atoms with Gasteiger partial charge in [0.2, 0.25) is 0 Å². The lowest BCUT2D eigenvalue weighted by molar-refractivity contribution is 0.619. The first-order valence-corrected chi connectivity index (χ1v) is 6.41. The second-order valence-corrected chi connectivity index (χ2v) is 4.52. The van der Waals surface area contributed by atoms with Crippen molar-refractivity contribution in [1.29, 1.82) is 0 Å². The fourth-order valence-corrected chi connectivity index (χ4v) is 2.18. The third kappa shape index (κ3) is 2.93. The maximum atomic E-state index is 12.1. The van der Waals surface area contributed by atoms with Gasteiger partial charge < -0.3 is 0 Å². The van der Waals surface area contributed by atoms with Gasteiger partial charge in [-0.05, 0) is 30.5 Å². The Labute approximate surface area is 114 Å². The van der Waals surface area contributed by atoms with Crippen LogP contribution < -0.4 is 11.2 Å². The fourth-order valence-electron chi connectivity index (χ4n) is 1.89. The summed E-state index contributed by atoms with van der Waals surface area (Å²) in [5.74, 6) is 0. The molecule has 2 aromatic rings. The molecular formula is C13H14ClN3O2. The number of rotatable bonds is 4. The molecule has 0 saturated heterocycles. The van der Waals surface area contributed by atoms with Crippen LogP contribution in [0.1, 0.15) is 18.1 Å². The van der Waals surface area contributed by atoms with Crippen LogP contribution >= 0.6 is 11.6 Å². The maximum absolute atomic E-state index is 12.1. The summed E-state index contributed by atoms with van der Waals surface area (Å²) < 4.78 is 1.19. The van der Waals surface area contributed by atoms with Gasteiger partial charge in [0, 0.05) is 18.9 Å². The topological polar surface area (TPSA) is 67.8 Å². The van der Waals surface area contributed by atoms with Crippen molar-refractivity contribution >= 4 is 11.6 Å². The minimum atomic E-state index is -0.471. The van der Waals surface area contributed by atoms with Crippen molar-refractivity contribution < 1.29 is 0 Å². The average Bonchev–Trinajstić information content (AvgIpc) is 2.39. The Bertz CT molecular complexity index is 677. The van der Waals surface area contributed by atoms with Crippen LogP contribution in [0.25, 0.3) is 0 Å². The van der Waals surface area contributed by atoms with Crippen molar-refractivity contribution in [1.82, 2.24) is 14.5 Å². The molecule has 0 unspecified atom stereocenters. The molecule has 19 heavy (non-hydrogen) atoms. The Kier molecular flexibility index (Phi) is 4.16. The van der Waals surface area contributed by atoms with Crippen molar-refractivity contribution in [2.45, 2.75) is 26.3 Å². The van der Waals surface area contributed by atoms with Gasteiger partial charge in [-0.3, -0.25) is 19.3 Å². The van der Waals surface area contributed by atoms with Crippen molar-refractivity contribution in [3.05, 3.63) is 61.6 Å². The van der Waals surface area contributed by atoms with E-state index in [0.29, 0.717) is 24.9 Å². The van der Waals surface area contributed by atoms with Crippen molar-refractivity contribution in [2.24, 2.45) is 0 Å². The van der Waals surface area contributed by atoms with E-state index in [1.54, 1.807) is 12.4 Å². The standard InChI is InChI=1S/C13H14ClN3O2/c1-2-10-11(14)16-13(19)17(12(10)18)8-5-9-3-6-15-7-4-9/h3-4,6-7H,2,5,8H2,1H3,(H,16,19). The summed E-state index contributed by atoms with van der Waals surface area (Å²) in [6.07, 6.45) is 4.45. The highest BCUT2D eigenvalue weighted by atomic mass is 35.5. The predicted molar refractivity (Wildman–Crippen MR) is 73.7 cm³/mol. The lowest BCUT2D eigenvalue weighted by Crippen LogP contribution is -2.37. The monoisotopic (exact) mass is 279 g/mol. The molecule has 0 aliphatic carbocycles. The summed E-state index contributed by atoms with van der Waals surface area (Å²) in [5.41, 5.74) is 0.678. The van der Waals surface area contributed by atoms with Crippen LogP contribution in [0, 0.1) is 0 Å². The molecule has 0 amide bonds. The predicted octanol–water partition coefficient (Wildman–Crippen LogP) is 1.39. The molecule has 6 heteroatoms. The summed E-state index contributed by atoms with van der Waals surface area (Å²) in [4.78, 5) is 30.3. The molecule has 0 radical (unpaired) electrons. The van der Waals surface area contributed by atoms with E-state index in [9.17, 15) is 9.59 Å². The molecule has 1 N–H and O–H groups in total. The van der Waals surface area contributed by atoms with E-state index in [1.165, 1.54) is 4.57 Å². The molecule has 0 aromatic carbocycles. The zero-order valence-corrected chi connectivity index (χ0v) is 11.3. The lowest BCUT2D eigenvalue weighted by atomic mass is 10.2. The van der Waals surface area contributed by atoms with E-state index >= 15 is 0 Å². The molecule has 2 rings (SSSR count). The molecule has 0 aliphatic rings. The molecule has 2 heterocycles. The van der Waals surface area contributed by atoms with Crippen molar-refractivity contribution in [3.8, 4) is 0 Å². The maximum Gasteiger partial charge on any atom is 0.329 e. The Balaban J connectivity index is 2.31. The van der Waals surface area contributed by atoms with Gasteiger partial charge in [0.1, 0.15) is 5.15 Å². The molecule has 0 atom stereocenters. The van der Waals surface area contributed by atoms with Gasteiger partial charge in [0.15, 0.2) is 0 Å². The number of aryl methyl sites for hydroxylation is 1. The molecule has 2 aromatic heterocycles. The smallest absolute Gasteiger partial charge is 0.297 e. The summed E-state index contributed by atoms with van der Waals surface area (Å²) in [5, 5.41) is 0.137. The minimum absolute atomic E-state index is 0.137. The number of aromatic amines is 1. The van der Waals surface area contributed by atoms with Crippen molar-refractivity contribution in [2.75, 3.05) is 0 Å². The van der Waals surface area contributed by atoms with Crippen LogP contribution in [0.15, 0.2) is 34.1 Å². The van der Waals surface area contributed by atoms with Gasteiger partial charge in [-0.25, -0.2) is 4.79 Å². The van der Waals surface area contributed by atoms with Crippen LogP contribution in [-0.4, -0.2) is 14.5 Å². The fraction of sp³-hybridized carbons (Fsp3) is 0.308. The quantitative estimate of drug-likeness (QED) is 0.860. The van der Waals surface area contributed by atoms with Crippen LogP contribution in [0.2, 0.25) is 5.15 Å². The Hall–Kier alpha value is -1.88. The first-order chi connectivity index (χ1) is 9.13. The second-order valence-electron chi connectivity index (χ2n) is 4.14. The van der Waals surface area contributed by atoms with Gasteiger partial charge in [0.25, 0.3) is 5.56 Å². The van der Waals surface area contributed by atoms with E-state index < -0.39 is 5.69 Å². The SMILES string of the molecule is CCc1c(Cl)[nH]c(=O)n(CCc2ccncc2)c1=O. The number of hydrogen-bond acceptors (Lipinski definition) is 3. The van der Waals surface area contributed by atoms with Crippen LogP contribution in [0.3, 0.4) is 0 Å². The van der Waals surface area contributed by atoms with E-state index in [0.717, 1.165) is 5.56 Å². The third-order valence-corrected chi connectivity index (χ3v) is 3.28. The lowest BCUT2D eigenvalue weighted by Gasteiger charge is -2.07. The Morgan fingerprint density at radius 1 is 1.32 bits per heavy atom. The highest BCUT2D eigenvalue weighted by Gasteiger charge is 2.10. The van der Waals surface area contributed by atoms with Crippen LogP contribution in [-0.2, 0) is 19.4 Å². The van der Waals surface area contributed by atoms with E-state index in [-0.39, 0.29) is 10.7 Å². The van der Waals surface area contributed by atoms with Crippen LogP contribution in [0.5, 0.6) is 0 Å². The molecular weight excluding hydrogens is 266 g/mol. The number of halogens is 1. The summed E-state index contributed by atoms with van der Waals surface area (Å²) in [6.45, 7) is 2.15. The third-order valence-electron chi connectivity index (χ3n) is 2.96. The molecule has 0 fully saturated rings. The summed E-state index contributed by atoms with van der Waals surface area (Å²) in [6, 6.07) is 3.71. The first kappa shape index (κ1) is 13.5. The van der Waals surface area contributed by atoms with E-state index in [4.69, 9.17) is 11.6 Å². The highest BCUT2D eigenvalue weighted by molar-refractivity contribution is 6.30. The van der Waals surface area contributed by atoms with Gasteiger partial charge in [-0.1, -0.05) is 18.5 Å². The number of H-pyrrole nitrogens is 1. The zero-order valence-electron chi connectivity index (χ0n) is 10.5. The number of nitrogens with one attached hydrogen (secondary N) is 1. The van der Waals surface area contributed by atoms with Gasteiger partial charge >= 0.3 is 5.69 Å². The molecule has 0 spiro atoms. The Morgan fingerprint density at radius 2 is 2.00 bits per heavy atom. The molecule has 5 nitrogen and oxygen atoms in total. The number of pyridine rings is 1.